The van der Waals surface area contributed by atoms with Crippen molar-refractivity contribution in [2.75, 3.05) is 0 Å². The van der Waals surface area contributed by atoms with Gasteiger partial charge in [-0.3, -0.25) is 4.79 Å². The van der Waals surface area contributed by atoms with Gasteiger partial charge in [0, 0.05) is 22.6 Å². The summed E-state index contributed by atoms with van der Waals surface area (Å²) in [6.45, 7) is 4.02. The van der Waals surface area contributed by atoms with Crippen molar-refractivity contribution in [1.82, 2.24) is 10.3 Å². The molecule has 3 aromatic rings. The quantitative estimate of drug-likeness (QED) is 0.769. The van der Waals surface area contributed by atoms with Gasteiger partial charge in [0.25, 0.3) is 5.91 Å². The highest BCUT2D eigenvalue weighted by Crippen LogP contribution is 2.22. The Balaban J connectivity index is 1.78. The summed E-state index contributed by atoms with van der Waals surface area (Å²) < 4.78 is 5.13. The number of hydrogen-bond acceptors (Lipinski definition) is 2. The van der Waals surface area contributed by atoms with Gasteiger partial charge in [0.15, 0.2) is 5.76 Å². The highest BCUT2D eigenvalue weighted by Gasteiger charge is 2.24. The Kier molecular flexibility index (Phi) is 3.29. The van der Waals surface area contributed by atoms with Crippen LogP contribution >= 0.6 is 0 Å². The van der Waals surface area contributed by atoms with Crippen LogP contribution in [0.25, 0.3) is 10.9 Å². The lowest BCUT2D eigenvalue weighted by Gasteiger charge is -2.25. The molecular formula is C17H18N2O2. The molecule has 4 nitrogen and oxygen atoms in total. The molecule has 0 unspecified atom stereocenters. The Morgan fingerprint density at radius 1 is 1.24 bits per heavy atom. The van der Waals surface area contributed by atoms with E-state index < -0.39 is 0 Å². The third-order valence-electron chi connectivity index (χ3n) is 3.50. The molecule has 0 bridgehead atoms. The number of para-hydroxylation sites is 1. The Morgan fingerprint density at radius 2 is 2.05 bits per heavy atom. The van der Waals surface area contributed by atoms with Crippen molar-refractivity contribution in [2.45, 2.75) is 25.8 Å². The van der Waals surface area contributed by atoms with Crippen molar-refractivity contribution >= 4 is 16.8 Å². The van der Waals surface area contributed by atoms with Crippen molar-refractivity contribution in [3.8, 4) is 0 Å². The van der Waals surface area contributed by atoms with Crippen molar-refractivity contribution in [3.05, 3.63) is 60.2 Å². The Hall–Kier alpha value is -2.49. The molecule has 0 radical (unpaired) electrons. The highest BCUT2D eigenvalue weighted by molar-refractivity contribution is 5.92. The van der Waals surface area contributed by atoms with Crippen LogP contribution in [0.2, 0.25) is 0 Å². The van der Waals surface area contributed by atoms with Crippen LogP contribution in [0.4, 0.5) is 0 Å². The number of rotatable bonds is 4. The van der Waals surface area contributed by atoms with Gasteiger partial charge in [0.05, 0.1) is 6.26 Å². The summed E-state index contributed by atoms with van der Waals surface area (Å²) in [5, 5.41) is 4.21. The number of benzene rings is 1. The lowest BCUT2D eigenvalue weighted by molar-refractivity contribution is 0.0884. The zero-order chi connectivity index (χ0) is 14.9. The largest absolute Gasteiger partial charge is 0.459 e. The Morgan fingerprint density at radius 3 is 2.81 bits per heavy atom. The van der Waals surface area contributed by atoms with Gasteiger partial charge in [-0.1, -0.05) is 18.2 Å². The fourth-order valence-electron chi connectivity index (χ4n) is 2.57. The number of amides is 1. The molecule has 0 saturated carbocycles. The van der Waals surface area contributed by atoms with Gasteiger partial charge in [-0.15, -0.1) is 0 Å². The average Bonchev–Trinajstić information content (AvgIpc) is 3.08. The summed E-state index contributed by atoms with van der Waals surface area (Å²) in [5.74, 6) is 0.145. The molecule has 2 aromatic heterocycles. The monoisotopic (exact) mass is 282 g/mol. The zero-order valence-electron chi connectivity index (χ0n) is 12.1. The van der Waals surface area contributed by atoms with Gasteiger partial charge in [-0.05, 0) is 44.0 Å². The first-order chi connectivity index (χ1) is 10.1. The summed E-state index contributed by atoms with van der Waals surface area (Å²) >= 11 is 0. The number of aromatic nitrogens is 1. The fourth-order valence-corrected chi connectivity index (χ4v) is 2.57. The average molecular weight is 282 g/mol. The Bertz CT molecular complexity index is 754. The lowest BCUT2D eigenvalue weighted by atomic mass is 9.94. The number of carbonyl (C=O) groups excluding carboxylic acids is 1. The van der Waals surface area contributed by atoms with E-state index in [-0.39, 0.29) is 11.4 Å². The van der Waals surface area contributed by atoms with Crippen LogP contribution in [-0.4, -0.2) is 16.4 Å². The van der Waals surface area contributed by atoms with Gasteiger partial charge in [0.1, 0.15) is 0 Å². The van der Waals surface area contributed by atoms with E-state index in [0.717, 1.165) is 11.9 Å². The van der Waals surface area contributed by atoms with E-state index in [0.29, 0.717) is 5.76 Å². The fraction of sp³-hybridized carbons (Fsp3) is 0.235. The van der Waals surface area contributed by atoms with Crippen LogP contribution in [-0.2, 0) is 6.42 Å². The molecule has 0 fully saturated rings. The van der Waals surface area contributed by atoms with Gasteiger partial charge in [-0.2, -0.15) is 0 Å². The number of carbonyl (C=O) groups is 1. The number of furan rings is 1. The lowest BCUT2D eigenvalue weighted by Crippen LogP contribution is -2.45. The molecule has 1 amide bonds. The molecule has 0 aliphatic heterocycles. The number of nitrogens with one attached hydrogen (secondary N) is 2. The molecule has 1 aromatic carbocycles. The normalized spacial score (nSPS) is 11.7. The number of aromatic amines is 1. The number of fused-ring (bicyclic) bond motifs is 1. The summed E-state index contributed by atoms with van der Waals surface area (Å²) in [6.07, 6.45) is 4.25. The third kappa shape index (κ3) is 2.84. The van der Waals surface area contributed by atoms with Gasteiger partial charge < -0.3 is 14.7 Å². The van der Waals surface area contributed by atoms with Crippen LogP contribution in [0.3, 0.4) is 0 Å². The second-order valence-electron chi connectivity index (χ2n) is 5.85. The maximum absolute atomic E-state index is 12.1. The first-order valence-corrected chi connectivity index (χ1v) is 6.96. The summed E-state index contributed by atoms with van der Waals surface area (Å²) in [4.78, 5) is 15.4. The molecule has 0 aliphatic rings. The number of hydrogen-bond donors (Lipinski definition) is 2. The molecule has 0 atom stereocenters. The molecule has 2 N–H and O–H groups in total. The molecule has 3 rings (SSSR count). The van der Waals surface area contributed by atoms with Crippen LogP contribution in [0, 0.1) is 0 Å². The minimum absolute atomic E-state index is 0.190. The van der Waals surface area contributed by atoms with Crippen molar-refractivity contribution < 1.29 is 9.21 Å². The molecule has 108 valence electrons. The summed E-state index contributed by atoms with van der Waals surface area (Å²) in [5.41, 5.74) is 1.94. The van der Waals surface area contributed by atoms with Crippen LogP contribution in [0.5, 0.6) is 0 Å². The highest BCUT2D eigenvalue weighted by atomic mass is 16.3. The topological polar surface area (TPSA) is 58.0 Å². The smallest absolute Gasteiger partial charge is 0.287 e. The van der Waals surface area contributed by atoms with Crippen molar-refractivity contribution in [1.29, 1.82) is 0 Å². The molecule has 21 heavy (non-hydrogen) atoms. The van der Waals surface area contributed by atoms with E-state index in [1.165, 1.54) is 17.2 Å². The Labute approximate surface area is 123 Å². The second-order valence-corrected chi connectivity index (χ2v) is 5.85. The summed E-state index contributed by atoms with van der Waals surface area (Å²) in [6, 6.07) is 11.5. The first kappa shape index (κ1) is 13.5. The summed E-state index contributed by atoms with van der Waals surface area (Å²) in [7, 11) is 0. The molecule has 0 spiro atoms. The maximum atomic E-state index is 12.1. The predicted octanol–water partition coefficient (Wildman–Crippen LogP) is 3.51. The number of H-pyrrole nitrogens is 1. The molecule has 2 heterocycles. The third-order valence-corrected chi connectivity index (χ3v) is 3.50. The standard InChI is InChI=1S/C17H18N2O2/c1-17(2,19-16(20)15-8-5-9-21-15)10-12-11-18-14-7-4-3-6-13(12)14/h3-9,11,18H,10H2,1-2H3,(H,19,20). The molecular weight excluding hydrogens is 264 g/mol. The second kappa shape index (κ2) is 5.13. The van der Waals surface area contributed by atoms with Gasteiger partial charge >= 0.3 is 0 Å². The van der Waals surface area contributed by atoms with E-state index >= 15 is 0 Å². The van der Waals surface area contributed by atoms with E-state index in [9.17, 15) is 4.79 Å². The van der Waals surface area contributed by atoms with E-state index in [1.54, 1.807) is 12.1 Å². The van der Waals surface area contributed by atoms with Gasteiger partial charge in [0.2, 0.25) is 0 Å². The van der Waals surface area contributed by atoms with E-state index in [4.69, 9.17) is 4.42 Å². The molecule has 4 heteroatoms. The van der Waals surface area contributed by atoms with Crippen LogP contribution in [0.1, 0.15) is 30.0 Å². The van der Waals surface area contributed by atoms with Crippen LogP contribution < -0.4 is 5.32 Å². The van der Waals surface area contributed by atoms with Crippen molar-refractivity contribution in [2.24, 2.45) is 0 Å². The SMILES string of the molecule is CC(C)(Cc1c[nH]c2ccccc12)NC(=O)c1ccco1. The molecule has 0 saturated heterocycles. The van der Waals surface area contributed by atoms with E-state index in [1.807, 2.05) is 38.2 Å². The van der Waals surface area contributed by atoms with Crippen molar-refractivity contribution in [3.63, 3.8) is 0 Å². The molecule has 0 aliphatic carbocycles. The zero-order valence-corrected chi connectivity index (χ0v) is 12.1. The minimum atomic E-state index is -0.366. The predicted molar refractivity (Wildman–Crippen MR) is 82.3 cm³/mol. The van der Waals surface area contributed by atoms with Gasteiger partial charge in [-0.25, -0.2) is 0 Å². The van der Waals surface area contributed by atoms with E-state index in [2.05, 4.69) is 16.4 Å². The maximum Gasteiger partial charge on any atom is 0.287 e. The first-order valence-electron chi connectivity index (χ1n) is 6.96. The minimum Gasteiger partial charge on any atom is -0.459 e. The van der Waals surface area contributed by atoms with Crippen LogP contribution in [0.15, 0.2) is 53.3 Å².